The van der Waals surface area contributed by atoms with E-state index in [1.54, 1.807) is 35.4 Å². The van der Waals surface area contributed by atoms with Crippen molar-refractivity contribution in [2.24, 2.45) is 0 Å². The van der Waals surface area contributed by atoms with Crippen molar-refractivity contribution < 1.29 is 21.9 Å². The third kappa shape index (κ3) is 4.83. The number of anilines is 4. The van der Waals surface area contributed by atoms with E-state index >= 15 is 8.78 Å². The molecule has 1 aromatic carbocycles. The first-order valence-electron chi connectivity index (χ1n) is 11.0. The first-order chi connectivity index (χ1) is 16.6. The van der Waals surface area contributed by atoms with Crippen molar-refractivity contribution in [2.75, 3.05) is 41.5 Å². The fourth-order valence-corrected chi connectivity index (χ4v) is 5.08. The van der Waals surface area contributed by atoms with Crippen LogP contribution in [-0.4, -0.2) is 49.3 Å². The van der Waals surface area contributed by atoms with Crippen LogP contribution in [0.15, 0.2) is 36.7 Å². The third-order valence-electron chi connectivity index (χ3n) is 5.89. The summed E-state index contributed by atoms with van der Waals surface area (Å²) in [7, 11) is -3.14. The maximum absolute atomic E-state index is 15.1. The van der Waals surface area contributed by atoms with Crippen LogP contribution >= 0.6 is 0 Å². The van der Waals surface area contributed by atoms with Gasteiger partial charge in [-0.25, -0.2) is 23.4 Å². The van der Waals surface area contributed by atoms with Crippen LogP contribution in [0.2, 0.25) is 0 Å². The van der Waals surface area contributed by atoms with Crippen molar-refractivity contribution in [3.05, 3.63) is 59.0 Å². The molecular weight excluding hydrogens is 478 g/mol. The summed E-state index contributed by atoms with van der Waals surface area (Å²) in [6.45, 7) is 2.62. The molecule has 0 unspecified atom stereocenters. The van der Waals surface area contributed by atoms with Crippen molar-refractivity contribution in [1.82, 2.24) is 15.0 Å². The lowest BCUT2D eigenvalue weighted by atomic mass is 10.0. The summed E-state index contributed by atoms with van der Waals surface area (Å²) >= 11 is 0. The highest BCUT2D eigenvalue weighted by atomic mass is 32.2. The smallest absolute Gasteiger partial charge is 0.293 e. The largest absolute Gasteiger partial charge is 0.474 e. The van der Waals surface area contributed by atoms with E-state index in [4.69, 9.17) is 4.74 Å². The van der Waals surface area contributed by atoms with E-state index < -0.39 is 22.3 Å². The van der Waals surface area contributed by atoms with Gasteiger partial charge in [-0.15, -0.1) is 0 Å². The normalized spacial score (nSPS) is 16.5. The number of hydrogen-bond donors (Lipinski definition) is 2. The Hall–Kier alpha value is -3.54. The molecule has 0 bridgehead atoms. The lowest BCUT2D eigenvalue weighted by molar-refractivity contribution is -0.00355. The van der Waals surface area contributed by atoms with Crippen LogP contribution < -0.4 is 20.3 Å². The van der Waals surface area contributed by atoms with E-state index in [-0.39, 0.29) is 29.5 Å². The van der Waals surface area contributed by atoms with Crippen molar-refractivity contribution in [1.29, 1.82) is 0 Å². The highest BCUT2D eigenvalue weighted by molar-refractivity contribution is 7.89. The summed E-state index contributed by atoms with van der Waals surface area (Å²) in [5, 5.41) is 6.24. The van der Waals surface area contributed by atoms with Gasteiger partial charge in [-0.05, 0) is 24.6 Å². The van der Waals surface area contributed by atoms with Crippen LogP contribution in [0.3, 0.4) is 0 Å². The molecule has 0 atom stereocenters. The number of rotatable bonds is 5. The topological polar surface area (TPSA) is 109 Å². The van der Waals surface area contributed by atoms with Crippen LogP contribution in [0.1, 0.15) is 22.4 Å². The second-order valence-electron chi connectivity index (χ2n) is 8.73. The predicted octanol–water partition coefficient (Wildman–Crippen LogP) is 3.38. The Morgan fingerprint density at radius 3 is 2.71 bits per heavy atom. The van der Waals surface area contributed by atoms with Gasteiger partial charge in [0.1, 0.15) is 12.3 Å². The first-order valence-corrected chi connectivity index (χ1v) is 13.0. The number of fused-ring (bicyclic) bond motifs is 2. The maximum atomic E-state index is 15.1. The lowest BCUT2D eigenvalue weighted by Crippen LogP contribution is -2.42. The summed E-state index contributed by atoms with van der Waals surface area (Å²) < 4.78 is 58.7. The summed E-state index contributed by atoms with van der Waals surface area (Å²) in [5.74, 6) is -2.57. The lowest BCUT2D eigenvalue weighted by Gasteiger charge is -2.36. The minimum Gasteiger partial charge on any atom is -0.474 e. The zero-order chi connectivity index (χ0) is 24.8. The van der Waals surface area contributed by atoms with Gasteiger partial charge in [0.15, 0.2) is 9.84 Å². The molecule has 0 spiro atoms. The van der Waals surface area contributed by atoms with Crippen LogP contribution in [0.25, 0.3) is 0 Å². The number of pyridine rings is 1. The number of sulfone groups is 1. The maximum Gasteiger partial charge on any atom is 0.293 e. The number of benzene rings is 1. The highest BCUT2D eigenvalue weighted by Gasteiger charge is 2.42. The van der Waals surface area contributed by atoms with E-state index in [1.807, 2.05) is 6.92 Å². The molecule has 4 heterocycles. The molecule has 0 radical (unpaired) electrons. The van der Waals surface area contributed by atoms with E-state index in [2.05, 4.69) is 25.6 Å². The van der Waals surface area contributed by atoms with Gasteiger partial charge in [0.05, 0.1) is 42.0 Å². The molecule has 0 aliphatic carbocycles. The minimum absolute atomic E-state index is 0.0633. The fourth-order valence-electron chi connectivity index (χ4n) is 4.28. The fraction of sp³-hybridized carbons (Fsp3) is 0.348. The molecular formula is C23H24F2N6O3S. The zero-order valence-electron chi connectivity index (χ0n) is 19.2. The molecule has 0 fully saturated rings. The summed E-state index contributed by atoms with van der Waals surface area (Å²) in [6, 6.07) is 6.76. The SMILES string of the molecule is Cc1c(N2Cc3nc(Nc4ccc(CS(C)(=O)=O)cc4)ncc3C(F)(F)C2)cnc2c1NCCO2. The van der Waals surface area contributed by atoms with E-state index in [9.17, 15) is 8.42 Å². The average Bonchev–Trinajstić information content (AvgIpc) is 2.79. The minimum atomic E-state index is -3.15. The summed E-state index contributed by atoms with van der Waals surface area (Å²) in [6.07, 6.45) is 3.89. The van der Waals surface area contributed by atoms with E-state index in [1.165, 1.54) is 6.26 Å². The van der Waals surface area contributed by atoms with Gasteiger partial charge >= 0.3 is 0 Å². The zero-order valence-corrected chi connectivity index (χ0v) is 20.0. The highest BCUT2D eigenvalue weighted by Crippen LogP contribution is 2.41. The second kappa shape index (κ2) is 8.59. The van der Waals surface area contributed by atoms with Gasteiger partial charge in [0.25, 0.3) is 5.92 Å². The molecule has 2 aromatic heterocycles. The van der Waals surface area contributed by atoms with Crippen LogP contribution in [0, 0.1) is 6.92 Å². The Morgan fingerprint density at radius 1 is 1.20 bits per heavy atom. The number of halogens is 2. The Labute approximate surface area is 201 Å². The van der Waals surface area contributed by atoms with E-state index in [0.717, 1.165) is 11.8 Å². The standard InChI is InChI=1S/C23H24F2N6O3S/c1-14-19(10-27-21-20(14)26-7-8-34-21)31-11-18-17(23(24,25)13-31)9-28-22(30-18)29-16-5-3-15(4-6-16)12-35(2,32)33/h3-6,9-10,26H,7-8,11-13H2,1-2H3,(H,28,29,30). The average molecular weight is 503 g/mol. The van der Waals surface area contributed by atoms with Crippen molar-refractivity contribution in [3.63, 3.8) is 0 Å². The van der Waals surface area contributed by atoms with Crippen LogP contribution in [0.5, 0.6) is 5.88 Å². The van der Waals surface area contributed by atoms with Gasteiger partial charge in [-0.2, -0.15) is 8.78 Å². The summed E-state index contributed by atoms with van der Waals surface area (Å²) in [5.41, 5.74) is 3.36. The van der Waals surface area contributed by atoms with Crippen LogP contribution in [-0.2, 0) is 28.1 Å². The van der Waals surface area contributed by atoms with Gasteiger partial charge < -0.3 is 20.3 Å². The molecule has 0 amide bonds. The van der Waals surface area contributed by atoms with Crippen molar-refractivity contribution >= 4 is 32.8 Å². The Kier molecular flexibility index (Phi) is 5.70. The molecule has 5 rings (SSSR count). The van der Waals surface area contributed by atoms with Gasteiger partial charge in [0.2, 0.25) is 11.8 Å². The molecule has 0 saturated heterocycles. The number of nitrogens with one attached hydrogen (secondary N) is 2. The molecule has 2 aliphatic heterocycles. The van der Waals surface area contributed by atoms with Gasteiger partial charge in [-0.3, -0.25) is 0 Å². The van der Waals surface area contributed by atoms with E-state index in [0.29, 0.717) is 41.7 Å². The Morgan fingerprint density at radius 2 is 1.97 bits per heavy atom. The Balaban J connectivity index is 1.40. The Bertz CT molecular complexity index is 1380. The monoisotopic (exact) mass is 502 g/mol. The molecule has 35 heavy (non-hydrogen) atoms. The quantitative estimate of drug-likeness (QED) is 0.543. The number of alkyl halides is 2. The molecule has 3 aromatic rings. The van der Waals surface area contributed by atoms with Crippen LogP contribution in [0.4, 0.5) is 31.8 Å². The van der Waals surface area contributed by atoms with Crippen molar-refractivity contribution in [3.8, 4) is 5.88 Å². The number of hydrogen-bond acceptors (Lipinski definition) is 9. The number of aromatic nitrogens is 3. The van der Waals surface area contributed by atoms with Crippen molar-refractivity contribution in [2.45, 2.75) is 25.1 Å². The number of nitrogens with zero attached hydrogens (tertiary/aromatic N) is 4. The van der Waals surface area contributed by atoms with Gasteiger partial charge in [-0.1, -0.05) is 12.1 Å². The molecule has 2 aliphatic rings. The third-order valence-corrected chi connectivity index (χ3v) is 6.75. The summed E-state index contributed by atoms with van der Waals surface area (Å²) in [4.78, 5) is 14.3. The molecule has 184 valence electrons. The second-order valence-corrected chi connectivity index (χ2v) is 10.9. The molecule has 2 N–H and O–H groups in total. The molecule has 9 nitrogen and oxygen atoms in total. The predicted molar refractivity (Wildman–Crippen MR) is 128 cm³/mol. The molecule has 0 saturated carbocycles. The van der Waals surface area contributed by atoms with Gasteiger partial charge in [0, 0.05) is 30.2 Å². The molecule has 12 heteroatoms. The number of ether oxygens (including phenoxy) is 1. The first kappa shape index (κ1) is 23.2.